The molecule has 0 amide bonds. The van der Waals surface area contributed by atoms with Gasteiger partial charge in [-0.1, -0.05) is 47.5 Å². The van der Waals surface area contributed by atoms with Gasteiger partial charge in [0.05, 0.1) is 46.2 Å². The molecule has 0 aliphatic rings. The quantitative estimate of drug-likeness (QED) is 0.415. The Labute approximate surface area is 167 Å². The van der Waals surface area contributed by atoms with Crippen molar-refractivity contribution in [2.75, 3.05) is 39.6 Å². The van der Waals surface area contributed by atoms with Crippen molar-refractivity contribution in [2.45, 2.75) is 27.4 Å². The molecule has 0 bridgehead atoms. The van der Waals surface area contributed by atoms with E-state index in [4.69, 9.17) is 19.3 Å². The Morgan fingerprint density at radius 3 is 1.82 bits per heavy atom. The van der Waals surface area contributed by atoms with Crippen LogP contribution in [0.15, 0.2) is 36.4 Å². The van der Waals surface area contributed by atoms with Crippen molar-refractivity contribution in [1.82, 2.24) is 0 Å². The fraction of sp³-hybridized carbons (Fsp3) is 0.417. The van der Waals surface area contributed by atoms with Gasteiger partial charge in [0.2, 0.25) is 0 Å². The highest BCUT2D eigenvalue weighted by atomic mass is 16.5. The summed E-state index contributed by atoms with van der Waals surface area (Å²) in [6.45, 7) is 9.50. The first kappa shape index (κ1) is 20.7. The summed E-state index contributed by atoms with van der Waals surface area (Å²) in [6, 6.07) is 13.3. The predicted octanol–water partition coefficient (Wildman–Crippen LogP) is 4.46. The number of hydrogen-bond donors (Lipinski definition) is 1. The summed E-state index contributed by atoms with van der Waals surface area (Å²) in [5.41, 5.74) is 5.06. The van der Waals surface area contributed by atoms with Crippen LogP contribution in [0.25, 0.3) is 21.5 Å². The summed E-state index contributed by atoms with van der Waals surface area (Å²) >= 11 is 0. The molecular formula is C24H30O4. The number of aliphatic hydroxyl groups is 1. The van der Waals surface area contributed by atoms with Crippen molar-refractivity contribution in [1.29, 1.82) is 0 Å². The van der Waals surface area contributed by atoms with Crippen molar-refractivity contribution in [2.24, 2.45) is 0 Å². The molecule has 1 N–H and O–H groups in total. The number of ether oxygens (including phenoxy) is 3. The monoisotopic (exact) mass is 382 g/mol. The first-order chi connectivity index (χ1) is 13.6. The summed E-state index contributed by atoms with van der Waals surface area (Å²) < 4.78 is 16.6. The van der Waals surface area contributed by atoms with Gasteiger partial charge in [0.1, 0.15) is 0 Å². The van der Waals surface area contributed by atoms with Crippen LogP contribution in [0.2, 0.25) is 0 Å². The highest BCUT2D eigenvalue weighted by molar-refractivity contribution is 6.11. The first-order valence-electron chi connectivity index (χ1n) is 9.88. The van der Waals surface area contributed by atoms with E-state index in [1.165, 1.54) is 43.8 Å². The maximum absolute atomic E-state index is 8.66. The maximum atomic E-state index is 8.66. The second kappa shape index (κ2) is 9.99. The molecule has 0 aliphatic carbocycles. The Bertz CT molecular complexity index is 933. The van der Waals surface area contributed by atoms with Crippen LogP contribution in [-0.4, -0.2) is 44.7 Å². The lowest BCUT2D eigenvalue weighted by Gasteiger charge is -2.16. The summed E-state index contributed by atoms with van der Waals surface area (Å²) in [5, 5.41) is 13.8. The van der Waals surface area contributed by atoms with E-state index in [1.54, 1.807) is 0 Å². The fourth-order valence-electron chi connectivity index (χ4n) is 3.58. The largest absolute Gasteiger partial charge is 0.394 e. The number of benzene rings is 3. The third kappa shape index (κ3) is 4.89. The minimum atomic E-state index is 0.0428. The van der Waals surface area contributed by atoms with Crippen LogP contribution in [0.3, 0.4) is 0 Å². The van der Waals surface area contributed by atoms with Gasteiger partial charge in [0.15, 0.2) is 0 Å². The molecule has 28 heavy (non-hydrogen) atoms. The Balaban J connectivity index is 1.72. The zero-order valence-electron chi connectivity index (χ0n) is 17.1. The lowest BCUT2D eigenvalue weighted by atomic mass is 9.91. The molecule has 0 radical (unpaired) electrons. The second-order valence-corrected chi connectivity index (χ2v) is 7.20. The molecule has 3 rings (SSSR count). The molecule has 3 aromatic rings. The van der Waals surface area contributed by atoms with Crippen molar-refractivity contribution in [3.05, 3.63) is 58.7 Å². The zero-order valence-corrected chi connectivity index (χ0v) is 17.1. The highest BCUT2D eigenvalue weighted by Gasteiger charge is 2.12. The van der Waals surface area contributed by atoms with E-state index in [0.29, 0.717) is 39.6 Å². The summed E-state index contributed by atoms with van der Waals surface area (Å²) in [6.07, 6.45) is 0. The normalized spacial score (nSPS) is 11.6. The molecule has 0 saturated heterocycles. The van der Waals surface area contributed by atoms with Crippen LogP contribution in [0, 0.1) is 20.8 Å². The summed E-state index contributed by atoms with van der Waals surface area (Å²) in [7, 11) is 0. The van der Waals surface area contributed by atoms with Gasteiger partial charge in [0.25, 0.3) is 0 Å². The third-order valence-corrected chi connectivity index (χ3v) is 5.05. The van der Waals surface area contributed by atoms with E-state index in [9.17, 15) is 0 Å². The number of aryl methyl sites for hydroxylation is 3. The minimum Gasteiger partial charge on any atom is -0.394 e. The van der Waals surface area contributed by atoms with E-state index in [-0.39, 0.29) is 6.61 Å². The number of hydrogen-bond acceptors (Lipinski definition) is 4. The van der Waals surface area contributed by atoms with Gasteiger partial charge < -0.3 is 19.3 Å². The molecule has 0 heterocycles. The van der Waals surface area contributed by atoms with Crippen LogP contribution in [0.5, 0.6) is 0 Å². The Morgan fingerprint density at radius 2 is 1.18 bits per heavy atom. The van der Waals surface area contributed by atoms with Crippen LogP contribution < -0.4 is 0 Å². The van der Waals surface area contributed by atoms with Crippen molar-refractivity contribution < 1.29 is 19.3 Å². The lowest BCUT2D eigenvalue weighted by Crippen LogP contribution is -2.11. The first-order valence-corrected chi connectivity index (χ1v) is 9.88. The van der Waals surface area contributed by atoms with Gasteiger partial charge in [-0.3, -0.25) is 0 Å². The fourth-order valence-corrected chi connectivity index (χ4v) is 3.58. The van der Waals surface area contributed by atoms with E-state index in [1.807, 2.05) is 0 Å². The molecule has 0 fully saturated rings. The molecule has 3 aromatic carbocycles. The van der Waals surface area contributed by atoms with Crippen molar-refractivity contribution in [3.8, 4) is 0 Å². The average molecular weight is 383 g/mol. The van der Waals surface area contributed by atoms with Gasteiger partial charge in [0, 0.05) is 0 Å². The van der Waals surface area contributed by atoms with Crippen molar-refractivity contribution in [3.63, 3.8) is 0 Å². The van der Waals surface area contributed by atoms with Crippen LogP contribution in [0.1, 0.15) is 22.3 Å². The highest BCUT2D eigenvalue weighted by Crippen LogP contribution is 2.34. The van der Waals surface area contributed by atoms with Gasteiger partial charge in [-0.15, -0.1) is 0 Å². The minimum absolute atomic E-state index is 0.0428. The van der Waals surface area contributed by atoms with Crippen LogP contribution in [-0.2, 0) is 20.8 Å². The maximum Gasteiger partial charge on any atom is 0.0726 e. The molecular weight excluding hydrogens is 352 g/mol. The standard InChI is InChI=1S/C24H30O4/c1-17-4-6-20-21-7-5-18(2)15-23(21)24(19(3)22(20)14-17)16-28-13-12-27-11-10-26-9-8-25/h4-7,14-15,25H,8-13,16H2,1-3H3. The topological polar surface area (TPSA) is 47.9 Å². The number of aliphatic hydroxyl groups excluding tert-OH is 1. The van der Waals surface area contributed by atoms with E-state index >= 15 is 0 Å². The summed E-state index contributed by atoms with van der Waals surface area (Å²) in [5.74, 6) is 0. The van der Waals surface area contributed by atoms with Gasteiger partial charge in [-0.05, 0) is 53.4 Å². The third-order valence-electron chi connectivity index (χ3n) is 5.05. The molecule has 150 valence electrons. The SMILES string of the molecule is Cc1ccc2c(c1)c(C)c(COCCOCCOCCO)c1cc(C)ccc12. The Hall–Kier alpha value is -1.98. The molecule has 0 saturated carbocycles. The van der Waals surface area contributed by atoms with Gasteiger partial charge >= 0.3 is 0 Å². The molecule has 0 aliphatic heterocycles. The Morgan fingerprint density at radius 1 is 0.643 bits per heavy atom. The van der Waals surface area contributed by atoms with E-state index in [2.05, 4.69) is 57.2 Å². The van der Waals surface area contributed by atoms with E-state index in [0.717, 1.165) is 0 Å². The van der Waals surface area contributed by atoms with Crippen LogP contribution >= 0.6 is 0 Å². The number of fused-ring (bicyclic) bond motifs is 3. The predicted molar refractivity (Wildman–Crippen MR) is 114 cm³/mol. The smallest absolute Gasteiger partial charge is 0.0726 e. The van der Waals surface area contributed by atoms with Gasteiger partial charge in [-0.25, -0.2) is 0 Å². The van der Waals surface area contributed by atoms with Gasteiger partial charge in [-0.2, -0.15) is 0 Å². The lowest BCUT2D eigenvalue weighted by molar-refractivity contribution is 0.00461. The van der Waals surface area contributed by atoms with E-state index < -0.39 is 0 Å². The molecule has 0 atom stereocenters. The molecule has 4 heteroatoms. The molecule has 4 nitrogen and oxygen atoms in total. The number of rotatable bonds is 10. The Kier molecular flexibility index (Phi) is 7.40. The van der Waals surface area contributed by atoms with Crippen LogP contribution in [0.4, 0.5) is 0 Å². The zero-order chi connectivity index (χ0) is 19.9. The molecule has 0 aromatic heterocycles. The second-order valence-electron chi connectivity index (χ2n) is 7.20. The molecule has 0 spiro atoms. The molecule has 0 unspecified atom stereocenters. The van der Waals surface area contributed by atoms with Crippen molar-refractivity contribution >= 4 is 21.5 Å². The summed E-state index contributed by atoms with van der Waals surface area (Å²) in [4.78, 5) is 0. The average Bonchev–Trinajstić information content (AvgIpc) is 2.69.